The third-order valence-electron chi connectivity index (χ3n) is 4.73. The molecule has 0 aliphatic carbocycles. The molecular weight excluding hydrogens is 282 g/mol. The molecule has 0 bridgehead atoms. The molecular formula is C20H29N3. The number of aromatic nitrogens is 1. The summed E-state index contributed by atoms with van der Waals surface area (Å²) in [6.45, 7) is 14.0. The van der Waals surface area contributed by atoms with Gasteiger partial charge < -0.3 is 15.2 Å². The van der Waals surface area contributed by atoms with Crippen LogP contribution in [0.2, 0.25) is 0 Å². The molecule has 3 nitrogen and oxygen atoms in total. The van der Waals surface area contributed by atoms with E-state index in [-0.39, 0.29) is 0 Å². The number of likely N-dealkylation sites (tertiary alicyclic amines) is 1. The zero-order valence-electron chi connectivity index (χ0n) is 14.7. The van der Waals surface area contributed by atoms with Crippen LogP contribution < -0.4 is 5.32 Å². The van der Waals surface area contributed by atoms with Crippen LogP contribution in [-0.2, 0) is 13.0 Å². The number of hydrogen-bond donors (Lipinski definition) is 2. The van der Waals surface area contributed by atoms with E-state index in [1.165, 1.54) is 40.6 Å². The number of H-pyrrole nitrogens is 1. The minimum absolute atomic E-state index is 0.686. The second-order valence-corrected chi connectivity index (χ2v) is 7.25. The van der Waals surface area contributed by atoms with Crippen LogP contribution in [0.3, 0.4) is 0 Å². The lowest BCUT2D eigenvalue weighted by atomic mass is 9.97. The SMILES string of the molecule is C=C(NCc1cc2cc(C)c(CC(C)C)cc2[nH]1)N1CCCC1. The highest BCUT2D eigenvalue weighted by Gasteiger charge is 2.13. The Morgan fingerprint density at radius 1 is 1.26 bits per heavy atom. The predicted octanol–water partition coefficient (Wildman–Crippen LogP) is 4.33. The molecule has 1 aliphatic rings. The predicted molar refractivity (Wildman–Crippen MR) is 98.4 cm³/mol. The Morgan fingerprint density at radius 3 is 2.70 bits per heavy atom. The molecule has 2 N–H and O–H groups in total. The monoisotopic (exact) mass is 311 g/mol. The summed E-state index contributed by atoms with van der Waals surface area (Å²) in [6, 6.07) is 6.89. The maximum Gasteiger partial charge on any atom is 0.0941 e. The number of nitrogens with zero attached hydrogens (tertiary/aromatic N) is 1. The van der Waals surface area contributed by atoms with Crippen LogP contribution >= 0.6 is 0 Å². The smallest absolute Gasteiger partial charge is 0.0941 e. The number of aromatic amines is 1. The van der Waals surface area contributed by atoms with E-state index in [0.29, 0.717) is 5.92 Å². The Labute approximate surface area is 139 Å². The van der Waals surface area contributed by atoms with Gasteiger partial charge in [-0.25, -0.2) is 0 Å². The van der Waals surface area contributed by atoms with Gasteiger partial charge in [-0.05, 0) is 66.8 Å². The van der Waals surface area contributed by atoms with Crippen molar-refractivity contribution >= 4 is 10.9 Å². The van der Waals surface area contributed by atoms with Gasteiger partial charge in [-0.15, -0.1) is 0 Å². The van der Waals surface area contributed by atoms with Gasteiger partial charge in [0.2, 0.25) is 0 Å². The Balaban J connectivity index is 1.70. The van der Waals surface area contributed by atoms with Crippen molar-refractivity contribution in [3.05, 3.63) is 47.4 Å². The van der Waals surface area contributed by atoms with Gasteiger partial charge in [0.05, 0.1) is 12.4 Å². The Kier molecular flexibility index (Phi) is 4.65. The fourth-order valence-corrected chi connectivity index (χ4v) is 3.45. The normalized spacial score (nSPS) is 14.9. The summed E-state index contributed by atoms with van der Waals surface area (Å²) >= 11 is 0. The van der Waals surface area contributed by atoms with Crippen molar-refractivity contribution in [3.8, 4) is 0 Å². The fourth-order valence-electron chi connectivity index (χ4n) is 3.45. The van der Waals surface area contributed by atoms with Gasteiger partial charge in [-0.1, -0.05) is 20.4 Å². The molecule has 1 fully saturated rings. The van der Waals surface area contributed by atoms with Crippen LogP contribution in [-0.4, -0.2) is 23.0 Å². The molecule has 2 aromatic rings. The molecule has 3 heteroatoms. The van der Waals surface area contributed by atoms with E-state index >= 15 is 0 Å². The molecule has 0 spiro atoms. The lowest BCUT2D eigenvalue weighted by Gasteiger charge is -2.21. The number of fused-ring (bicyclic) bond motifs is 1. The van der Waals surface area contributed by atoms with Gasteiger partial charge in [0.25, 0.3) is 0 Å². The van der Waals surface area contributed by atoms with E-state index in [0.717, 1.165) is 31.9 Å². The van der Waals surface area contributed by atoms with Crippen molar-refractivity contribution in [2.24, 2.45) is 5.92 Å². The number of hydrogen-bond acceptors (Lipinski definition) is 2. The van der Waals surface area contributed by atoms with E-state index in [9.17, 15) is 0 Å². The summed E-state index contributed by atoms with van der Waals surface area (Å²) in [6.07, 6.45) is 3.70. The highest BCUT2D eigenvalue weighted by atomic mass is 15.2. The molecule has 2 heterocycles. The molecule has 1 saturated heterocycles. The fraction of sp³-hybridized carbons (Fsp3) is 0.500. The van der Waals surface area contributed by atoms with Crippen LogP contribution in [0.1, 0.15) is 43.5 Å². The molecule has 124 valence electrons. The second-order valence-electron chi connectivity index (χ2n) is 7.25. The van der Waals surface area contributed by atoms with Crippen molar-refractivity contribution < 1.29 is 0 Å². The first kappa shape index (κ1) is 16.0. The maximum absolute atomic E-state index is 4.17. The van der Waals surface area contributed by atoms with Crippen LogP contribution in [0.5, 0.6) is 0 Å². The summed E-state index contributed by atoms with van der Waals surface area (Å²) < 4.78 is 0. The van der Waals surface area contributed by atoms with E-state index in [2.05, 4.69) is 60.7 Å². The lowest BCUT2D eigenvalue weighted by Crippen LogP contribution is -2.28. The molecule has 3 rings (SSSR count). The third-order valence-corrected chi connectivity index (χ3v) is 4.73. The topological polar surface area (TPSA) is 31.1 Å². The summed E-state index contributed by atoms with van der Waals surface area (Å²) in [5, 5.41) is 4.77. The van der Waals surface area contributed by atoms with E-state index < -0.39 is 0 Å². The first-order valence-corrected chi connectivity index (χ1v) is 8.82. The maximum atomic E-state index is 4.17. The molecule has 0 saturated carbocycles. The highest BCUT2D eigenvalue weighted by Crippen LogP contribution is 2.23. The van der Waals surface area contributed by atoms with Gasteiger partial charge in [0.1, 0.15) is 0 Å². The number of benzene rings is 1. The minimum Gasteiger partial charge on any atom is -0.367 e. The highest BCUT2D eigenvalue weighted by molar-refractivity contribution is 5.82. The van der Waals surface area contributed by atoms with Gasteiger partial charge >= 0.3 is 0 Å². The Hall–Kier alpha value is -1.90. The summed E-state index contributed by atoms with van der Waals surface area (Å²) in [5.74, 6) is 1.74. The van der Waals surface area contributed by atoms with Crippen molar-refractivity contribution in [1.82, 2.24) is 15.2 Å². The molecule has 23 heavy (non-hydrogen) atoms. The van der Waals surface area contributed by atoms with Gasteiger partial charge in [-0.3, -0.25) is 0 Å². The molecule has 0 radical (unpaired) electrons. The lowest BCUT2D eigenvalue weighted by molar-refractivity contribution is 0.390. The molecule has 0 atom stereocenters. The minimum atomic E-state index is 0.686. The van der Waals surface area contributed by atoms with Gasteiger partial charge in [0.15, 0.2) is 0 Å². The second kappa shape index (κ2) is 6.69. The van der Waals surface area contributed by atoms with Crippen molar-refractivity contribution in [2.45, 2.75) is 46.6 Å². The number of nitrogens with one attached hydrogen (secondary N) is 2. The third kappa shape index (κ3) is 3.72. The summed E-state index contributed by atoms with van der Waals surface area (Å²) in [4.78, 5) is 5.90. The van der Waals surface area contributed by atoms with E-state index in [1.54, 1.807) is 0 Å². The summed E-state index contributed by atoms with van der Waals surface area (Å²) in [5.41, 5.74) is 5.32. The van der Waals surface area contributed by atoms with E-state index in [4.69, 9.17) is 0 Å². The van der Waals surface area contributed by atoms with Crippen molar-refractivity contribution in [1.29, 1.82) is 0 Å². The van der Waals surface area contributed by atoms with Crippen molar-refractivity contribution in [3.63, 3.8) is 0 Å². The van der Waals surface area contributed by atoms with Crippen LogP contribution in [0.25, 0.3) is 10.9 Å². The number of rotatable bonds is 6. The van der Waals surface area contributed by atoms with Crippen molar-refractivity contribution in [2.75, 3.05) is 13.1 Å². The molecule has 1 aliphatic heterocycles. The Bertz CT molecular complexity index is 690. The first-order chi connectivity index (χ1) is 11.0. The van der Waals surface area contributed by atoms with Crippen LogP contribution in [0.15, 0.2) is 30.6 Å². The zero-order valence-corrected chi connectivity index (χ0v) is 14.7. The molecule has 1 aromatic heterocycles. The van der Waals surface area contributed by atoms with Crippen LogP contribution in [0.4, 0.5) is 0 Å². The average molecular weight is 311 g/mol. The quantitative estimate of drug-likeness (QED) is 0.832. The zero-order chi connectivity index (χ0) is 16.4. The van der Waals surface area contributed by atoms with Gasteiger partial charge in [0, 0.05) is 24.3 Å². The molecule has 0 amide bonds. The summed E-state index contributed by atoms with van der Waals surface area (Å²) in [7, 11) is 0. The van der Waals surface area contributed by atoms with E-state index in [1.807, 2.05) is 0 Å². The largest absolute Gasteiger partial charge is 0.367 e. The molecule has 1 aromatic carbocycles. The molecule has 0 unspecified atom stereocenters. The van der Waals surface area contributed by atoms with Crippen LogP contribution in [0, 0.1) is 12.8 Å². The number of aryl methyl sites for hydroxylation is 1. The standard InChI is InChI=1S/C20H29N3/c1-14(2)9-17-12-20-18(10-15(17)3)11-19(22-20)13-21-16(4)23-7-5-6-8-23/h10-12,14,21-22H,4-9,13H2,1-3H3. The average Bonchev–Trinajstić information content (AvgIpc) is 3.13. The van der Waals surface area contributed by atoms with Gasteiger partial charge in [-0.2, -0.15) is 0 Å². The first-order valence-electron chi connectivity index (χ1n) is 8.82. The Morgan fingerprint density at radius 2 is 2.00 bits per heavy atom.